The van der Waals surface area contributed by atoms with Gasteiger partial charge in [-0.15, -0.1) is 6.58 Å². The molecule has 7 heteroatoms. The average molecular weight is 452 g/mol. The van der Waals surface area contributed by atoms with Gasteiger partial charge in [0.15, 0.2) is 4.34 Å². The molecule has 0 radical (unpaired) electrons. The molecule has 0 saturated heterocycles. The molecule has 2 N–H and O–H groups in total. The molecule has 0 saturated carbocycles. The number of benzene rings is 2. The van der Waals surface area contributed by atoms with Gasteiger partial charge in [0.25, 0.3) is 0 Å². The van der Waals surface area contributed by atoms with Crippen LogP contribution >= 0.6 is 23.1 Å². The molecule has 1 aromatic heterocycles. The quantitative estimate of drug-likeness (QED) is 0.312. The van der Waals surface area contributed by atoms with Crippen LogP contribution in [0.5, 0.6) is 0 Å². The monoisotopic (exact) mass is 451 g/mol. The van der Waals surface area contributed by atoms with Gasteiger partial charge < -0.3 is 10.6 Å². The van der Waals surface area contributed by atoms with E-state index in [1.807, 2.05) is 48.5 Å². The first-order chi connectivity index (χ1) is 15.2. The summed E-state index contributed by atoms with van der Waals surface area (Å²) in [6.07, 6.45) is 3.72. The van der Waals surface area contributed by atoms with E-state index in [2.05, 4.69) is 34.3 Å². The molecule has 3 aromatic rings. The molecule has 1 heterocycles. The maximum atomic E-state index is 12.6. The molecular formula is C24H25N3O2S2. The number of aromatic nitrogens is 1. The number of hydrogen-bond donors (Lipinski definition) is 2. The molecule has 0 aliphatic rings. The third kappa shape index (κ3) is 7.38. The average Bonchev–Trinajstić information content (AvgIpc) is 3.20. The van der Waals surface area contributed by atoms with Crippen molar-refractivity contribution in [2.45, 2.75) is 23.6 Å². The Bertz CT molecular complexity index is 1000. The summed E-state index contributed by atoms with van der Waals surface area (Å²) in [7, 11) is 0. The van der Waals surface area contributed by atoms with Gasteiger partial charge in [-0.1, -0.05) is 89.8 Å². The molecule has 31 heavy (non-hydrogen) atoms. The van der Waals surface area contributed by atoms with Crippen molar-refractivity contribution in [1.82, 2.24) is 10.3 Å². The molecule has 0 bridgehead atoms. The second-order valence-electron chi connectivity index (χ2n) is 6.79. The smallest absolute Gasteiger partial charge is 0.230 e. The van der Waals surface area contributed by atoms with Crippen LogP contribution in [-0.2, 0) is 16.0 Å². The molecule has 160 valence electrons. The minimum Gasteiger partial charge on any atom is -0.352 e. The second kappa shape index (κ2) is 12.1. The van der Waals surface area contributed by atoms with Crippen molar-refractivity contribution in [3.63, 3.8) is 0 Å². The molecule has 0 fully saturated rings. The van der Waals surface area contributed by atoms with Crippen molar-refractivity contribution in [3.8, 4) is 11.3 Å². The number of nitrogens with one attached hydrogen (secondary N) is 2. The van der Waals surface area contributed by atoms with Crippen molar-refractivity contribution in [2.75, 3.05) is 17.6 Å². The molecule has 0 unspecified atom stereocenters. The minimum absolute atomic E-state index is 0.0305. The van der Waals surface area contributed by atoms with Crippen LogP contribution < -0.4 is 10.6 Å². The highest BCUT2D eigenvalue weighted by Crippen LogP contribution is 2.37. The van der Waals surface area contributed by atoms with Gasteiger partial charge in [-0.25, -0.2) is 4.98 Å². The van der Waals surface area contributed by atoms with E-state index in [9.17, 15) is 9.59 Å². The highest BCUT2D eigenvalue weighted by Gasteiger charge is 2.16. The molecular weight excluding hydrogens is 426 g/mol. The van der Waals surface area contributed by atoms with Crippen molar-refractivity contribution in [1.29, 1.82) is 0 Å². The molecule has 0 spiro atoms. The van der Waals surface area contributed by atoms with Gasteiger partial charge >= 0.3 is 0 Å². The predicted octanol–water partition coefficient (Wildman–Crippen LogP) is 5.17. The fraction of sp³-hybridized carbons (Fsp3) is 0.208. The normalized spacial score (nSPS) is 10.5. The van der Waals surface area contributed by atoms with Gasteiger partial charge in [-0.3, -0.25) is 9.59 Å². The summed E-state index contributed by atoms with van der Waals surface area (Å²) >= 11 is 2.76. The number of thioether (sulfide) groups is 1. The number of amides is 2. The van der Waals surface area contributed by atoms with Crippen LogP contribution in [0.25, 0.3) is 11.3 Å². The van der Waals surface area contributed by atoms with E-state index in [4.69, 9.17) is 0 Å². The zero-order valence-electron chi connectivity index (χ0n) is 17.2. The van der Waals surface area contributed by atoms with E-state index >= 15 is 0 Å². The fourth-order valence-electron chi connectivity index (χ4n) is 2.89. The van der Waals surface area contributed by atoms with Crippen LogP contribution in [0.1, 0.15) is 18.4 Å². The summed E-state index contributed by atoms with van der Waals surface area (Å²) in [4.78, 5) is 29.1. The van der Waals surface area contributed by atoms with Gasteiger partial charge in [0.1, 0.15) is 10.7 Å². The van der Waals surface area contributed by atoms with Crippen LogP contribution in [-0.4, -0.2) is 29.1 Å². The fourth-order valence-corrected chi connectivity index (χ4v) is 4.80. The van der Waals surface area contributed by atoms with Crippen LogP contribution in [0.3, 0.4) is 0 Å². The van der Waals surface area contributed by atoms with Crippen molar-refractivity contribution in [3.05, 3.63) is 78.9 Å². The minimum atomic E-state index is -0.0761. The summed E-state index contributed by atoms with van der Waals surface area (Å²) in [5.41, 5.74) is 2.89. The van der Waals surface area contributed by atoms with Crippen LogP contribution in [0.2, 0.25) is 0 Å². The molecule has 3 rings (SSSR count). The Labute approximate surface area is 191 Å². The Morgan fingerprint density at radius 2 is 1.74 bits per heavy atom. The maximum Gasteiger partial charge on any atom is 0.230 e. The van der Waals surface area contributed by atoms with Gasteiger partial charge in [0, 0.05) is 18.5 Å². The van der Waals surface area contributed by atoms with Gasteiger partial charge in [0.2, 0.25) is 11.8 Å². The summed E-state index contributed by atoms with van der Waals surface area (Å²) in [6.45, 7) is 4.03. The zero-order chi connectivity index (χ0) is 21.9. The first-order valence-corrected chi connectivity index (χ1v) is 11.9. The Morgan fingerprint density at radius 1 is 1.03 bits per heavy atom. The number of carbonyl (C=O) groups excluding carboxylic acids is 2. The van der Waals surface area contributed by atoms with Gasteiger partial charge in [-0.05, 0) is 18.4 Å². The first-order valence-electron chi connectivity index (χ1n) is 10.1. The van der Waals surface area contributed by atoms with E-state index in [0.29, 0.717) is 18.0 Å². The molecule has 0 aliphatic heterocycles. The SMILES string of the molecule is C=CCNC(=O)CSc1nc(-c2ccccc2)c(NC(=O)CCCc2ccccc2)s1. The third-order valence-electron chi connectivity index (χ3n) is 4.39. The molecule has 5 nitrogen and oxygen atoms in total. The highest BCUT2D eigenvalue weighted by atomic mass is 32.2. The Morgan fingerprint density at radius 3 is 2.45 bits per heavy atom. The van der Waals surface area contributed by atoms with Crippen molar-refractivity contribution in [2.24, 2.45) is 0 Å². The molecule has 2 amide bonds. The summed E-state index contributed by atoms with van der Waals surface area (Å²) < 4.78 is 0.743. The maximum absolute atomic E-state index is 12.6. The van der Waals surface area contributed by atoms with E-state index in [1.165, 1.54) is 28.7 Å². The van der Waals surface area contributed by atoms with E-state index < -0.39 is 0 Å². The van der Waals surface area contributed by atoms with Gasteiger partial charge in [-0.2, -0.15) is 0 Å². The van der Waals surface area contributed by atoms with Crippen LogP contribution in [0.15, 0.2) is 77.7 Å². The lowest BCUT2D eigenvalue weighted by Crippen LogP contribution is -2.24. The number of anilines is 1. The number of aryl methyl sites for hydroxylation is 1. The molecule has 2 aromatic carbocycles. The topological polar surface area (TPSA) is 71.1 Å². The Hall–Kier alpha value is -2.90. The first kappa shape index (κ1) is 22.8. The number of carbonyl (C=O) groups is 2. The lowest BCUT2D eigenvalue weighted by molar-refractivity contribution is -0.118. The largest absolute Gasteiger partial charge is 0.352 e. The lowest BCUT2D eigenvalue weighted by atomic mass is 10.1. The van der Waals surface area contributed by atoms with Gasteiger partial charge in [0.05, 0.1) is 5.75 Å². The standard InChI is InChI=1S/C24H25N3O2S2/c1-2-16-25-21(29)17-30-24-27-22(19-13-7-4-8-14-19)23(31-24)26-20(28)15-9-12-18-10-5-3-6-11-18/h2-8,10-11,13-14H,1,9,12,15-17H2,(H,25,29)(H,26,28). The number of rotatable bonds is 11. The third-order valence-corrected chi connectivity index (χ3v) is 6.50. The Kier molecular flexibility index (Phi) is 8.87. The van der Waals surface area contributed by atoms with E-state index in [1.54, 1.807) is 6.08 Å². The summed E-state index contributed by atoms with van der Waals surface area (Å²) in [5.74, 6) is 0.157. The molecule has 0 aliphatic carbocycles. The summed E-state index contributed by atoms with van der Waals surface area (Å²) in [6, 6.07) is 19.9. The zero-order valence-corrected chi connectivity index (χ0v) is 18.8. The van der Waals surface area contributed by atoms with E-state index in [-0.39, 0.29) is 17.6 Å². The van der Waals surface area contributed by atoms with E-state index in [0.717, 1.165) is 28.4 Å². The highest BCUT2D eigenvalue weighted by molar-refractivity contribution is 8.01. The summed E-state index contributed by atoms with van der Waals surface area (Å²) in [5, 5.41) is 6.49. The second-order valence-corrected chi connectivity index (χ2v) is 9.01. The lowest BCUT2D eigenvalue weighted by Gasteiger charge is -2.05. The number of thiazole rings is 1. The van der Waals surface area contributed by atoms with Crippen LogP contribution in [0.4, 0.5) is 5.00 Å². The molecule has 0 atom stereocenters. The predicted molar refractivity (Wildman–Crippen MR) is 129 cm³/mol. The van der Waals surface area contributed by atoms with Crippen molar-refractivity contribution < 1.29 is 9.59 Å². The Balaban J connectivity index is 1.64. The van der Waals surface area contributed by atoms with Crippen LogP contribution in [0, 0.1) is 0 Å². The number of nitrogens with zero attached hydrogens (tertiary/aromatic N) is 1. The number of hydrogen-bond acceptors (Lipinski definition) is 5. The van der Waals surface area contributed by atoms with Crippen molar-refractivity contribution >= 4 is 39.9 Å².